The number of rotatable bonds is 7. The zero-order chi connectivity index (χ0) is 20.0. The summed E-state index contributed by atoms with van der Waals surface area (Å²) in [5, 5.41) is 10.5. The molecule has 1 aromatic heterocycles. The maximum Gasteiger partial charge on any atom is 0.361 e. The van der Waals surface area contributed by atoms with Crippen LogP contribution in [0.1, 0.15) is 40.4 Å². The molecule has 9 nitrogen and oxygen atoms in total. The fourth-order valence-corrected chi connectivity index (χ4v) is 2.35. The summed E-state index contributed by atoms with van der Waals surface area (Å²) in [5.41, 5.74) is 0.808. The van der Waals surface area contributed by atoms with Crippen LogP contribution in [0.25, 0.3) is 0 Å². The number of anilines is 1. The second-order valence-electron chi connectivity index (χ2n) is 5.40. The molecule has 0 spiro atoms. The van der Waals surface area contributed by atoms with Crippen LogP contribution in [0.5, 0.6) is 0 Å². The number of aryl methyl sites for hydroxylation is 1. The Kier molecular flexibility index (Phi) is 6.89. The van der Waals surface area contributed by atoms with E-state index in [9.17, 15) is 14.4 Å². The van der Waals surface area contributed by atoms with Crippen LogP contribution < -0.4 is 5.32 Å². The number of hydrogen-bond donors (Lipinski definition) is 1. The number of amides is 1. The monoisotopic (exact) mass is 394 g/mol. The van der Waals surface area contributed by atoms with Crippen LogP contribution in [0.3, 0.4) is 0 Å². The van der Waals surface area contributed by atoms with Gasteiger partial charge in [-0.1, -0.05) is 22.9 Å². The number of halogens is 1. The molecule has 144 valence electrons. The van der Waals surface area contributed by atoms with Crippen LogP contribution in [0.2, 0.25) is 5.02 Å². The third kappa shape index (κ3) is 5.04. The molecule has 0 aliphatic carbocycles. The highest BCUT2D eigenvalue weighted by Crippen LogP contribution is 2.20. The van der Waals surface area contributed by atoms with Gasteiger partial charge in [0.25, 0.3) is 0 Å². The number of hydrogen-bond acceptors (Lipinski definition) is 7. The number of ether oxygens (including phenoxy) is 2. The van der Waals surface area contributed by atoms with Crippen molar-refractivity contribution in [2.75, 3.05) is 18.5 Å². The van der Waals surface area contributed by atoms with Crippen LogP contribution in [0, 0.1) is 6.92 Å². The third-order valence-electron chi connectivity index (χ3n) is 3.42. The zero-order valence-electron chi connectivity index (χ0n) is 15.1. The molecule has 1 N–H and O–H groups in total. The number of benzene rings is 1. The lowest BCUT2D eigenvalue weighted by Gasteiger charge is -2.09. The van der Waals surface area contributed by atoms with Crippen molar-refractivity contribution in [1.82, 2.24) is 15.0 Å². The van der Waals surface area contributed by atoms with Gasteiger partial charge in [0.05, 0.1) is 13.2 Å². The molecule has 0 radical (unpaired) electrons. The van der Waals surface area contributed by atoms with Gasteiger partial charge in [-0.05, 0) is 38.5 Å². The number of aromatic nitrogens is 3. The first-order chi connectivity index (χ1) is 12.9. The van der Waals surface area contributed by atoms with Crippen LogP contribution in [-0.2, 0) is 20.8 Å². The van der Waals surface area contributed by atoms with Crippen LogP contribution >= 0.6 is 11.6 Å². The number of nitrogens with zero attached hydrogens (tertiary/aromatic N) is 3. The summed E-state index contributed by atoms with van der Waals surface area (Å²) in [7, 11) is 0. The van der Waals surface area contributed by atoms with E-state index < -0.39 is 17.8 Å². The molecule has 2 rings (SSSR count). The molecule has 1 heterocycles. The molecule has 1 amide bonds. The van der Waals surface area contributed by atoms with Crippen LogP contribution in [0.15, 0.2) is 18.2 Å². The van der Waals surface area contributed by atoms with Gasteiger partial charge in [-0.2, -0.15) is 0 Å². The summed E-state index contributed by atoms with van der Waals surface area (Å²) < 4.78 is 10.8. The normalized spacial score (nSPS) is 10.4. The van der Waals surface area contributed by atoms with Crippen molar-refractivity contribution < 1.29 is 23.9 Å². The number of nitrogens with one attached hydrogen (secondary N) is 1. The average molecular weight is 395 g/mol. The van der Waals surface area contributed by atoms with Gasteiger partial charge in [0.2, 0.25) is 11.6 Å². The van der Waals surface area contributed by atoms with E-state index >= 15 is 0 Å². The van der Waals surface area contributed by atoms with Crippen molar-refractivity contribution in [3.8, 4) is 0 Å². The minimum absolute atomic E-state index is 0.0837. The molecule has 27 heavy (non-hydrogen) atoms. The van der Waals surface area contributed by atoms with Crippen molar-refractivity contribution in [1.29, 1.82) is 0 Å². The lowest BCUT2D eigenvalue weighted by molar-refractivity contribution is -0.116. The van der Waals surface area contributed by atoms with E-state index in [0.29, 0.717) is 10.7 Å². The van der Waals surface area contributed by atoms with E-state index in [1.807, 2.05) is 6.92 Å². The maximum absolute atomic E-state index is 12.3. The van der Waals surface area contributed by atoms with Gasteiger partial charge in [-0.3, -0.25) is 4.79 Å². The molecular weight excluding hydrogens is 376 g/mol. The Balaban J connectivity index is 2.23. The molecule has 0 saturated heterocycles. The first kappa shape index (κ1) is 20.4. The van der Waals surface area contributed by atoms with E-state index in [2.05, 4.69) is 15.6 Å². The number of carbonyl (C=O) groups is 3. The Hall–Kier alpha value is -2.94. The topological polar surface area (TPSA) is 112 Å². The lowest BCUT2D eigenvalue weighted by Crippen LogP contribution is -2.24. The number of carbonyl (C=O) groups excluding carboxylic acids is 3. The highest BCUT2D eigenvalue weighted by molar-refractivity contribution is 6.31. The second kappa shape index (κ2) is 9.13. The molecule has 0 aliphatic rings. The molecule has 10 heteroatoms. The van der Waals surface area contributed by atoms with Gasteiger partial charge < -0.3 is 14.8 Å². The summed E-state index contributed by atoms with van der Waals surface area (Å²) >= 11 is 6.04. The minimum atomic E-state index is -0.822. The SMILES string of the molecule is CCOC(=O)c1nnn(CC(=O)Nc2ccc(C)c(Cl)c2)c1C(=O)OCC. The van der Waals surface area contributed by atoms with Gasteiger partial charge in [-0.15, -0.1) is 5.10 Å². The van der Waals surface area contributed by atoms with Crippen LogP contribution in [-0.4, -0.2) is 46.1 Å². The molecule has 0 aliphatic heterocycles. The van der Waals surface area contributed by atoms with Crippen LogP contribution in [0.4, 0.5) is 5.69 Å². The van der Waals surface area contributed by atoms with Crippen molar-refractivity contribution in [3.63, 3.8) is 0 Å². The standard InChI is InChI=1S/C17H19ClN4O5/c1-4-26-16(24)14-15(17(25)27-5-2)22(21-20-14)9-13(23)19-11-7-6-10(3)12(18)8-11/h6-8H,4-5,9H2,1-3H3,(H,19,23). The first-order valence-corrected chi connectivity index (χ1v) is 8.58. The first-order valence-electron chi connectivity index (χ1n) is 8.21. The fourth-order valence-electron chi connectivity index (χ4n) is 2.17. The van der Waals surface area contributed by atoms with E-state index in [-0.39, 0.29) is 31.1 Å². The molecular formula is C17H19ClN4O5. The highest BCUT2D eigenvalue weighted by Gasteiger charge is 2.28. The molecule has 2 aromatic rings. The summed E-state index contributed by atoms with van der Waals surface area (Å²) in [6, 6.07) is 5.06. The summed E-state index contributed by atoms with van der Waals surface area (Å²) in [6.07, 6.45) is 0. The molecule has 0 bridgehead atoms. The maximum atomic E-state index is 12.3. The third-order valence-corrected chi connectivity index (χ3v) is 3.83. The van der Waals surface area contributed by atoms with Gasteiger partial charge in [0.15, 0.2) is 5.69 Å². The van der Waals surface area contributed by atoms with Gasteiger partial charge in [0.1, 0.15) is 6.54 Å². The predicted molar refractivity (Wildman–Crippen MR) is 96.8 cm³/mol. The van der Waals surface area contributed by atoms with Gasteiger partial charge >= 0.3 is 11.9 Å². The molecule has 0 atom stereocenters. The largest absolute Gasteiger partial charge is 0.461 e. The van der Waals surface area contributed by atoms with Crippen molar-refractivity contribution >= 4 is 35.1 Å². The van der Waals surface area contributed by atoms with Crippen molar-refractivity contribution in [2.45, 2.75) is 27.3 Å². The Morgan fingerprint density at radius 2 is 1.81 bits per heavy atom. The average Bonchev–Trinajstić information content (AvgIpc) is 3.02. The molecule has 0 fully saturated rings. The van der Waals surface area contributed by atoms with Crippen molar-refractivity contribution in [3.05, 3.63) is 40.2 Å². The number of esters is 2. The van der Waals surface area contributed by atoms with E-state index in [0.717, 1.165) is 10.2 Å². The Bertz CT molecular complexity index is 865. The molecule has 0 saturated carbocycles. The van der Waals surface area contributed by atoms with Gasteiger partial charge in [0, 0.05) is 10.7 Å². The Morgan fingerprint density at radius 1 is 1.15 bits per heavy atom. The Morgan fingerprint density at radius 3 is 2.44 bits per heavy atom. The quantitative estimate of drug-likeness (QED) is 0.716. The fraction of sp³-hybridized carbons (Fsp3) is 0.353. The zero-order valence-corrected chi connectivity index (χ0v) is 15.9. The summed E-state index contributed by atoms with van der Waals surface area (Å²) in [5.74, 6) is -2.13. The lowest BCUT2D eigenvalue weighted by atomic mass is 10.2. The van der Waals surface area contributed by atoms with E-state index in [1.165, 1.54) is 0 Å². The second-order valence-corrected chi connectivity index (χ2v) is 5.80. The van der Waals surface area contributed by atoms with Gasteiger partial charge in [-0.25, -0.2) is 14.3 Å². The minimum Gasteiger partial charge on any atom is -0.461 e. The highest BCUT2D eigenvalue weighted by atomic mass is 35.5. The Labute approximate surface area is 160 Å². The molecule has 0 unspecified atom stereocenters. The van der Waals surface area contributed by atoms with E-state index in [4.69, 9.17) is 21.1 Å². The van der Waals surface area contributed by atoms with E-state index in [1.54, 1.807) is 32.0 Å². The smallest absolute Gasteiger partial charge is 0.361 e. The molecule has 1 aromatic carbocycles. The summed E-state index contributed by atoms with van der Waals surface area (Å²) in [6.45, 7) is 4.90. The summed E-state index contributed by atoms with van der Waals surface area (Å²) in [4.78, 5) is 36.5. The van der Waals surface area contributed by atoms with Crippen molar-refractivity contribution in [2.24, 2.45) is 0 Å². The predicted octanol–water partition coefficient (Wildman–Crippen LogP) is 2.23.